The number of nitriles is 1. The van der Waals surface area contributed by atoms with Crippen molar-refractivity contribution < 1.29 is 14.3 Å². The smallest absolute Gasteiger partial charge is 0.235 e. The number of thioether (sulfide) groups is 1. The topological polar surface area (TPSA) is 102 Å². The summed E-state index contributed by atoms with van der Waals surface area (Å²) >= 11 is 2.81. The first kappa shape index (κ1) is 25.8. The molecule has 194 valence electrons. The predicted molar refractivity (Wildman–Crippen MR) is 148 cm³/mol. The van der Waals surface area contributed by atoms with Crippen LogP contribution in [0.15, 0.2) is 59.8 Å². The molecule has 5 rings (SSSR count). The Hall–Kier alpha value is -3.81. The molecule has 1 amide bonds. The predicted octanol–water partition coefficient (Wildman–Crippen LogP) is 5.96. The SMILES string of the molecule is COc1ccccc1OC(C)c1nnc(SCC(=O)Nc2sc3c(c2C#N)CCCC3)n1-c1ccccc1. The summed E-state index contributed by atoms with van der Waals surface area (Å²) in [5.41, 5.74) is 2.58. The van der Waals surface area contributed by atoms with Crippen molar-refractivity contribution in [2.45, 2.75) is 43.9 Å². The molecule has 8 nitrogen and oxygen atoms in total. The number of fused-ring (bicyclic) bond motifs is 1. The average molecular weight is 546 g/mol. The van der Waals surface area contributed by atoms with Gasteiger partial charge in [0.25, 0.3) is 0 Å². The van der Waals surface area contributed by atoms with E-state index in [1.807, 2.05) is 66.1 Å². The third-order valence-corrected chi connectivity index (χ3v) is 8.41. The lowest BCUT2D eigenvalue weighted by Gasteiger charge is -2.18. The number of nitrogens with one attached hydrogen (secondary N) is 1. The highest BCUT2D eigenvalue weighted by atomic mass is 32.2. The molecule has 2 aromatic heterocycles. The van der Waals surface area contributed by atoms with Crippen molar-refractivity contribution in [1.29, 1.82) is 5.26 Å². The second-order valence-corrected chi connectivity index (χ2v) is 10.8. The minimum absolute atomic E-state index is 0.125. The quantitative estimate of drug-likeness (QED) is 0.259. The first-order valence-corrected chi connectivity index (χ1v) is 14.2. The van der Waals surface area contributed by atoms with Crippen LogP contribution in [0.3, 0.4) is 0 Å². The van der Waals surface area contributed by atoms with E-state index in [4.69, 9.17) is 9.47 Å². The molecule has 2 aromatic carbocycles. The first-order valence-electron chi connectivity index (χ1n) is 12.4. The van der Waals surface area contributed by atoms with Crippen molar-refractivity contribution >= 4 is 34.0 Å². The minimum Gasteiger partial charge on any atom is -0.493 e. The molecule has 0 bridgehead atoms. The highest BCUT2D eigenvalue weighted by Crippen LogP contribution is 2.38. The van der Waals surface area contributed by atoms with Crippen LogP contribution in [0, 0.1) is 11.3 Å². The van der Waals surface area contributed by atoms with E-state index in [0.717, 1.165) is 36.9 Å². The van der Waals surface area contributed by atoms with Crippen LogP contribution in [-0.4, -0.2) is 33.5 Å². The second kappa shape index (κ2) is 11.7. The minimum atomic E-state index is -0.446. The largest absolute Gasteiger partial charge is 0.493 e. The number of ether oxygens (including phenoxy) is 2. The Kier molecular flexibility index (Phi) is 7.96. The summed E-state index contributed by atoms with van der Waals surface area (Å²) in [5.74, 6) is 1.77. The van der Waals surface area contributed by atoms with E-state index < -0.39 is 6.10 Å². The maximum atomic E-state index is 12.9. The highest BCUT2D eigenvalue weighted by Gasteiger charge is 2.24. The molecule has 1 aliphatic rings. The van der Waals surface area contributed by atoms with Crippen molar-refractivity contribution in [3.63, 3.8) is 0 Å². The van der Waals surface area contributed by atoms with Crippen molar-refractivity contribution in [3.8, 4) is 23.3 Å². The van der Waals surface area contributed by atoms with Crippen LogP contribution in [0.4, 0.5) is 5.00 Å². The summed E-state index contributed by atoms with van der Waals surface area (Å²) in [5, 5.41) is 22.7. The number of amides is 1. The van der Waals surface area contributed by atoms with Crippen LogP contribution in [-0.2, 0) is 17.6 Å². The normalized spacial score (nSPS) is 13.3. The van der Waals surface area contributed by atoms with Gasteiger partial charge in [-0.15, -0.1) is 21.5 Å². The third kappa shape index (κ3) is 5.39. The summed E-state index contributed by atoms with van der Waals surface area (Å²) in [7, 11) is 1.60. The molecule has 0 radical (unpaired) electrons. The summed E-state index contributed by atoms with van der Waals surface area (Å²) < 4.78 is 13.5. The Labute approximate surface area is 229 Å². The molecule has 4 aromatic rings. The van der Waals surface area contributed by atoms with Gasteiger partial charge in [-0.2, -0.15) is 5.26 Å². The first-order chi connectivity index (χ1) is 18.6. The van der Waals surface area contributed by atoms with Crippen molar-refractivity contribution in [3.05, 3.63) is 76.4 Å². The maximum Gasteiger partial charge on any atom is 0.235 e. The number of aryl methyl sites for hydroxylation is 1. The van der Waals surface area contributed by atoms with E-state index in [1.54, 1.807) is 7.11 Å². The average Bonchev–Trinajstić information content (AvgIpc) is 3.53. The lowest BCUT2D eigenvalue weighted by atomic mass is 9.96. The number of aromatic nitrogens is 3. The molecular weight excluding hydrogens is 518 g/mol. The Balaban J connectivity index is 1.35. The van der Waals surface area contributed by atoms with Gasteiger partial charge >= 0.3 is 0 Å². The summed E-state index contributed by atoms with van der Waals surface area (Å²) in [6.45, 7) is 1.90. The van der Waals surface area contributed by atoms with E-state index in [2.05, 4.69) is 21.6 Å². The highest BCUT2D eigenvalue weighted by molar-refractivity contribution is 7.99. The summed E-state index contributed by atoms with van der Waals surface area (Å²) in [6.07, 6.45) is 3.63. The lowest BCUT2D eigenvalue weighted by molar-refractivity contribution is -0.113. The number of nitrogens with zero attached hydrogens (tertiary/aromatic N) is 4. The fourth-order valence-corrected chi connectivity index (χ4v) is 6.50. The molecule has 10 heteroatoms. The summed E-state index contributed by atoms with van der Waals surface area (Å²) in [4.78, 5) is 14.2. The van der Waals surface area contributed by atoms with Crippen molar-refractivity contribution in [2.75, 3.05) is 18.2 Å². The standard InChI is InChI=1S/C28H27N5O3S2/c1-18(36-23-14-8-7-13-22(23)35-2)26-31-32-28(33(26)19-10-4-3-5-11-19)37-17-25(34)30-27-21(16-29)20-12-6-9-15-24(20)38-27/h3-5,7-8,10-11,13-14,18H,6,9,12,15,17H2,1-2H3,(H,30,34). The molecule has 1 atom stereocenters. The maximum absolute atomic E-state index is 12.9. The molecule has 0 saturated carbocycles. The number of para-hydroxylation sites is 3. The molecule has 0 fully saturated rings. The van der Waals surface area contributed by atoms with Crippen LogP contribution in [0.25, 0.3) is 5.69 Å². The Morgan fingerprint density at radius 2 is 1.87 bits per heavy atom. The molecule has 1 unspecified atom stereocenters. The fourth-order valence-electron chi connectivity index (χ4n) is 4.48. The number of hydrogen-bond donors (Lipinski definition) is 1. The molecule has 0 spiro atoms. The second-order valence-electron chi connectivity index (χ2n) is 8.79. The van der Waals surface area contributed by atoms with Gasteiger partial charge in [-0.05, 0) is 62.4 Å². The van der Waals surface area contributed by atoms with Crippen LogP contribution in [0.1, 0.15) is 47.7 Å². The van der Waals surface area contributed by atoms with Crippen LogP contribution < -0.4 is 14.8 Å². The van der Waals surface area contributed by atoms with Gasteiger partial charge in [0.15, 0.2) is 28.6 Å². The van der Waals surface area contributed by atoms with Gasteiger partial charge in [0.1, 0.15) is 11.1 Å². The van der Waals surface area contributed by atoms with E-state index >= 15 is 0 Å². The van der Waals surface area contributed by atoms with E-state index in [9.17, 15) is 10.1 Å². The molecule has 38 heavy (non-hydrogen) atoms. The van der Waals surface area contributed by atoms with E-state index in [1.165, 1.54) is 28.0 Å². The van der Waals surface area contributed by atoms with Crippen molar-refractivity contribution in [2.24, 2.45) is 0 Å². The van der Waals surface area contributed by atoms with Gasteiger partial charge in [0, 0.05) is 10.6 Å². The fraction of sp³-hybridized carbons (Fsp3) is 0.286. The zero-order valence-electron chi connectivity index (χ0n) is 21.1. The van der Waals surface area contributed by atoms with E-state index in [-0.39, 0.29) is 11.7 Å². The lowest BCUT2D eigenvalue weighted by Crippen LogP contribution is -2.15. The number of methoxy groups -OCH3 is 1. The zero-order valence-corrected chi connectivity index (χ0v) is 22.8. The van der Waals surface area contributed by atoms with Gasteiger partial charge < -0.3 is 14.8 Å². The Morgan fingerprint density at radius 1 is 1.13 bits per heavy atom. The number of anilines is 1. The number of carbonyl (C=O) groups is 1. The Morgan fingerprint density at radius 3 is 2.63 bits per heavy atom. The van der Waals surface area contributed by atoms with Gasteiger partial charge in [-0.25, -0.2) is 0 Å². The number of benzene rings is 2. The van der Waals surface area contributed by atoms with Gasteiger partial charge in [0.2, 0.25) is 5.91 Å². The van der Waals surface area contributed by atoms with Crippen LogP contribution in [0.2, 0.25) is 0 Å². The molecule has 1 aliphatic carbocycles. The van der Waals surface area contributed by atoms with Crippen LogP contribution in [0.5, 0.6) is 11.5 Å². The van der Waals surface area contributed by atoms with Gasteiger partial charge in [-0.3, -0.25) is 9.36 Å². The number of hydrogen-bond acceptors (Lipinski definition) is 8. The molecule has 2 heterocycles. The zero-order chi connectivity index (χ0) is 26.5. The van der Waals surface area contributed by atoms with Crippen molar-refractivity contribution in [1.82, 2.24) is 14.8 Å². The summed E-state index contributed by atoms with van der Waals surface area (Å²) in [6, 6.07) is 19.5. The number of thiophene rings is 1. The van der Waals surface area contributed by atoms with Crippen LogP contribution >= 0.6 is 23.1 Å². The van der Waals surface area contributed by atoms with E-state index in [0.29, 0.717) is 33.0 Å². The molecular formula is C28H27N5O3S2. The number of carbonyl (C=O) groups excluding carboxylic acids is 1. The molecule has 0 saturated heterocycles. The Bertz CT molecular complexity index is 1480. The van der Waals surface area contributed by atoms with Gasteiger partial charge in [0.05, 0.1) is 18.4 Å². The third-order valence-electron chi connectivity index (χ3n) is 6.28. The number of rotatable bonds is 9. The van der Waals surface area contributed by atoms with Gasteiger partial charge in [-0.1, -0.05) is 42.1 Å². The molecule has 0 aliphatic heterocycles. The molecule has 1 N–H and O–H groups in total. The monoisotopic (exact) mass is 545 g/mol.